The maximum atomic E-state index is 10.8. The van der Waals surface area contributed by atoms with E-state index in [0.29, 0.717) is 18.1 Å². The van der Waals surface area contributed by atoms with E-state index in [0.717, 1.165) is 55.7 Å². The van der Waals surface area contributed by atoms with Crippen LogP contribution in [0.25, 0.3) is 33.0 Å². The zero-order valence-corrected chi connectivity index (χ0v) is 22.6. The smallest absolute Gasteiger partial charge is 0.341 e. The number of fused-ring (bicyclic) bond motifs is 1. The molecule has 5 rings (SSSR count). The van der Waals surface area contributed by atoms with Gasteiger partial charge in [-0.2, -0.15) is 0 Å². The van der Waals surface area contributed by atoms with Crippen LogP contribution >= 0.6 is 0 Å². The highest BCUT2D eigenvalue weighted by molar-refractivity contribution is 5.89. The minimum absolute atomic E-state index is 0.358. The van der Waals surface area contributed by atoms with Gasteiger partial charge in [0.1, 0.15) is 29.6 Å². The van der Waals surface area contributed by atoms with E-state index in [1.807, 2.05) is 37.3 Å². The normalized spacial score (nSPS) is 10.8. The van der Waals surface area contributed by atoms with E-state index in [2.05, 4.69) is 54.6 Å². The number of aryl methyl sites for hydroxylation is 1. The van der Waals surface area contributed by atoms with E-state index in [9.17, 15) is 4.79 Å². The van der Waals surface area contributed by atoms with Crippen molar-refractivity contribution in [2.75, 3.05) is 20.8 Å². The summed E-state index contributed by atoms with van der Waals surface area (Å²) >= 11 is 0. The molecule has 0 aliphatic rings. The third kappa shape index (κ3) is 6.18. The Morgan fingerprint density at radius 3 is 1.95 bits per heavy atom. The topological polar surface area (TPSA) is 74.2 Å². The number of rotatable bonds is 10. The largest absolute Gasteiger partial charge is 0.497 e. The number of aliphatic carboxylic acids is 1. The molecule has 6 heteroatoms. The van der Waals surface area contributed by atoms with Crippen molar-refractivity contribution < 1.29 is 28.8 Å². The van der Waals surface area contributed by atoms with Gasteiger partial charge in [0.05, 0.1) is 14.2 Å². The van der Waals surface area contributed by atoms with Gasteiger partial charge in [0, 0.05) is 0 Å². The molecule has 40 heavy (non-hydrogen) atoms. The molecule has 202 valence electrons. The van der Waals surface area contributed by atoms with Crippen LogP contribution in [0.5, 0.6) is 23.0 Å². The van der Waals surface area contributed by atoms with Gasteiger partial charge in [-0.15, -0.1) is 0 Å². The molecule has 0 unspecified atom stereocenters. The lowest BCUT2D eigenvalue weighted by molar-refractivity contribution is -0.139. The Morgan fingerprint density at radius 2 is 1.25 bits per heavy atom. The van der Waals surface area contributed by atoms with Crippen LogP contribution in [0.2, 0.25) is 0 Å². The number of hydrogen-bond donors (Lipinski definition) is 1. The molecule has 0 atom stereocenters. The summed E-state index contributed by atoms with van der Waals surface area (Å²) in [5, 5.41) is 11.1. The Bertz CT molecular complexity index is 1660. The molecule has 5 aromatic rings. The quantitative estimate of drug-likeness (QED) is 0.200. The molecule has 0 bridgehead atoms. The number of carbonyl (C=O) groups is 1. The van der Waals surface area contributed by atoms with Crippen molar-refractivity contribution in [3.8, 4) is 45.3 Å². The first-order chi connectivity index (χ1) is 19.4. The van der Waals surface area contributed by atoms with Crippen LogP contribution in [0.1, 0.15) is 11.1 Å². The molecule has 0 saturated heterocycles. The van der Waals surface area contributed by atoms with Crippen LogP contribution in [0.3, 0.4) is 0 Å². The second-order valence-electron chi connectivity index (χ2n) is 9.47. The van der Waals surface area contributed by atoms with Crippen LogP contribution in [0.4, 0.5) is 0 Å². The molecule has 0 fully saturated rings. The highest BCUT2D eigenvalue weighted by Crippen LogP contribution is 2.33. The second kappa shape index (κ2) is 11.8. The van der Waals surface area contributed by atoms with Crippen LogP contribution in [0, 0.1) is 6.92 Å². The molecule has 1 N–H and O–H groups in total. The number of carboxylic acid groups (broad SMARTS) is 1. The molecule has 0 radical (unpaired) electrons. The molecule has 0 aromatic heterocycles. The fourth-order valence-corrected chi connectivity index (χ4v) is 4.60. The van der Waals surface area contributed by atoms with Gasteiger partial charge in [0.25, 0.3) is 0 Å². The van der Waals surface area contributed by atoms with Crippen molar-refractivity contribution in [3.05, 3.63) is 108 Å². The Balaban J connectivity index is 1.46. The highest BCUT2D eigenvalue weighted by Gasteiger charge is 2.10. The summed E-state index contributed by atoms with van der Waals surface area (Å²) in [7, 11) is 3.33. The zero-order valence-electron chi connectivity index (χ0n) is 22.6. The summed E-state index contributed by atoms with van der Waals surface area (Å²) in [6.45, 7) is 1.84. The summed E-state index contributed by atoms with van der Waals surface area (Å²) < 4.78 is 22.2. The maximum Gasteiger partial charge on any atom is 0.341 e. The minimum Gasteiger partial charge on any atom is -0.497 e. The van der Waals surface area contributed by atoms with Crippen molar-refractivity contribution in [2.45, 2.75) is 13.5 Å². The number of hydrogen-bond acceptors (Lipinski definition) is 5. The molecule has 0 amide bonds. The third-order valence-corrected chi connectivity index (χ3v) is 6.70. The van der Waals surface area contributed by atoms with E-state index in [1.54, 1.807) is 26.4 Å². The van der Waals surface area contributed by atoms with Gasteiger partial charge in [-0.1, -0.05) is 30.3 Å². The number of methoxy groups -OCH3 is 2. The standard InChI is InChI=1S/C34H30O6/c1-22-14-32(12-13-33(22)40-21-34(35)36)39-20-23-15-28(24-6-9-30(37-2)10-7-24)18-29(16-23)26-4-5-27-19-31(38-3)11-8-25(27)17-26/h4-19H,20-21H2,1-3H3,(H,35,36). The zero-order chi connectivity index (χ0) is 28.1. The van der Waals surface area contributed by atoms with E-state index in [1.165, 1.54) is 0 Å². The monoisotopic (exact) mass is 534 g/mol. The van der Waals surface area contributed by atoms with Gasteiger partial charge in [-0.05, 0) is 118 Å². The van der Waals surface area contributed by atoms with Gasteiger partial charge >= 0.3 is 5.97 Å². The molecule has 5 aromatic carbocycles. The molecular weight excluding hydrogens is 504 g/mol. The van der Waals surface area contributed by atoms with Crippen molar-refractivity contribution in [2.24, 2.45) is 0 Å². The summed E-state index contributed by atoms with van der Waals surface area (Å²) in [4.78, 5) is 10.8. The Hall–Kier alpha value is -4.97. The fraction of sp³-hybridized carbons (Fsp3) is 0.147. The first-order valence-electron chi connectivity index (χ1n) is 12.9. The molecular formula is C34H30O6. The summed E-state index contributed by atoms with van der Waals surface area (Å²) in [5.41, 5.74) is 6.15. The van der Waals surface area contributed by atoms with Gasteiger partial charge in [0.2, 0.25) is 0 Å². The Labute approximate surface area is 233 Å². The lowest BCUT2D eigenvalue weighted by Crippen LogP contribution is -2.10. The molecule has 6 nitrogen and oxygen atoms in total. The van der Waals surface area contributed by atoms with Crippen molar-refractivity contribution in [1.29, 1.82) is 0 Å². The van der Waals surface area contributed by atoms with Crippen LogP contribution < -0.4 is 18.9 Å². The van der Waals surface area contributed by atoms with Crippen molar-refractivity contribution in [3.63, 3.8) is 0 Å². The average molecular weight is 535 g/mol. The first-order valence-corrected chi connectivity index (χ1v) is 12.9. The van der Waals surface area contributed by atoms with Gasteiger partial charge < -0.3 is 24.1 Å². The summed E-state index contributed by atoms with van der Waals surface area (Å²) in [5.74, 6) is 1.82. The number of ether oxygens (including phenoxy) is 4. The highest BCUT2D eigenvalue weighted by atomic mass is 16.5. The molecule has 0 aliphatic heterocycles. The molecule has 0 saturated carbocycles. The summed E-state index contributed by atoms with van der Waals surface area (Å²) in [6, 6.07) is 32.4. The second-order valence-corrected chi connectivity index (χ2v) is 9.47. The predicted octanol–water partition coefficient (Wildman–Crippen LogP) is 7.54. The minimum atomic E-state index is -1.02. The molecule has 0 aliphatic carbocycles. The lowest BCUT2D eigenvalue weighted by Gasteiger charge is -2.14. The Morgan fingerprint density at radius 1 is 0.625 bits per heavy atom. The number of benzene rings is 5. The molecule has 0 heterocycles. The van der Waals surface area contributed by atoms with E-state index in [-0.39, 0.29) is 6.61 Å². The van der Waals surface area contributed by atoms with Crippen molar-refractivity contribution in [1.82, 2.24) is 0 Å². The predicted molar refractivity (Wildman–Crippen MR) is 157 cm³/mol. The van der Waals surface area contributed by atoms with E-state index >= 15 is 0 Å². The van der Waals surface area contributed by atoms with Crippen molar-refractivity contribution >= 4 is 16.7 Å². The van der Waals surface area contributed by atoms with Gasteiger partial charge in [0.15, 0.2) is 6.61 Å². The first kappa shape index (κ1) is 26.6. The van der Waals surface area contributed by atoms with Gasteiger partial charge in [-0.25, -0.2) is 4.79 Å². The average Bonchev–Trinajstić information content (AvgIpc) is 2.98. The fourth-order valence-electron chi connectivity index (χ4n) is 4.60. The SMILES string of the molecule is COc1ccc(-c2cc(COc3ccc(OCC(=O)O)c(C)c3)cc(-c3ccc4cc(OC)ccc4c3)c2)cc1. The molecule has 0 spiro atoms. The lowest BCUT2D eigenvalue weighted by atomic mass is 9.95. The van der Waals surface area contributed by atoms with Crippen LogP contribution in [0.15, 0.2) is 97.1 Å². The van der Waals surface area contributed by atoms with E-state index in [4.69, 9.17) is 24.1 Å². The third-order valence-electron chi connectivity index (χ3n) is 6.70. The van der Waals surface area contributed by atoms with Crippen LogP contribution in [-0.2, 0) is 11.4 Å². The van der Waals surface area contributed by atoms with Gasteiger partial charge in [-0.3, -0.25) is 0 Å². The maximum absolute atomic E-state index is 10.8. The Kier molecular flexibility index (Phi) is 7.87. The van der Waals surface area contributed by atoms with Crippen LogP contribution in [-0.4, -0.2) is 31.9 Å². The number of carboxylic acids is 1. The van der Waals surface area contributed by atoms with E-state index < -0.39 is 5.97 Å². The summed E-state index contributed by atoms with van der Waals surface area (Å²) in [6.07, 6.45) is 0.